The van der Waals surface area contributed by atoms with Crippen LogP contribution in [0.4, 0.5) is 38.5 Å². The number of rotatable bonds is 6. The van der Waals surface area contributed by atoms with Crippen LogP contribution in [0.25, 0.3) is 0 Å². The highest BCUT2D eigenvalue weighted by molar-refractivity contribution is 5.90. The number of anilines is 2. The fourth-order valence-corrected chi connectivity index (χ4v) is 3.80. The zero-order valence-corrected chi connectivity index (χ0v) is 17.2. The Morgan fingerprint density at radius 2 is 1.09 bits per heavy atom. The zero-order chi connectivity index (χ0) is 23.1. The summed E-state index contributed by atoms with van der Waals surface area (Å²) in [5.74, 6) is -3.21. The van der Waals surface area contributed by atoms with E-state index in [0.717, 1.165) is 43.5 Å². The number of hydrogen-bond acceptors (Lipinski definition) is 2. The van der Waals surface area contributed by atoms with Gasteiger partial charge >= 0.3 is 12.1 Å². The van der Waals surface area contributed by atoms with Crippen molar-refractivity contribution in [1.82, 2.24) is 10.6 Å². The summed E-state index contributed by atoms with van der Waals surface area (Å²) in [4.78, 5) is 24.0. The second kappa shape index (κ2) is 10.8. The monoisotopic (exact) mass is 452 g/mol. The fourth-order valence-electron chi connectivity index (χ4n) is 3.80. The van der Waals surface area contributed by atoms with Crippen LogP contribution in [-0.4, -0.2) is 25.2 Å². The van der Waals surface area contributed by atoms with E-state index in [0.29, 0.717) is 19.5 Å². The highest BCUT2D eigenvalue weighted by atomic mass is 19.1. The molecule has 1 saturated carbocycles. The molecule has 1 fully saturated rings. The standard InChI is InChI=1S/C22H24F4N4O2/c23-15-6-2-7-16(24)19(15)29-21(31)27-11-13-4-1-5-14(10-13)12-28-22(32)30-20-17(25)8-3-9-18(20)26/h2-3,6-9,13-14H,1,4-5,10-12H2,(H2,27,29,31)(H2,28,30,32)/t13-,14+. The SMILES string of the molecule is O=C(NC[C@H]1CCC[C@@H](CNC(=O)Nc2c(F)cccc2F)C1)Nc1c(F)cccc1F. The number of para-hydroxylation sites is 2. The van der Waals surface area contributed by atoms with Crippen molar-refractivity contribution in [3.8, 4) is 0 Å². The van der Waals surface area contributed by atoms with Gasteiger partial charge in [-0.05, 0) is 55.4 Å². The van der Waals surface area contributed by atoms with Gasteiger partial charge in [-0.15, -0.1) is 0 Å². The van der Waals surface area contributed by atoms with Gasteiger partial charge in [-0.1, -0.05) is 18.6 Å². The van der Waals surface area contributed by atoms with Crippen LogP contribution in [0.5, 0.6) is 0 Å². The molecule has 3 rings (SSSR count). The van der Waals surface area contributed by atoms with Crippen LogP contribution in [0.3, 0.4) is 0 Å². The molecule has 10 heteroatoms. The number of nitrogens with one attached hydrogen (secondary N) is 4. The van der Waals surface area contributed by atoms with Crippen molar-refractivity contribution in [3.05, 3.63) is 59.7 Å². The molecule has 172 valence electrons. The molecule has 2 aromatic rings. The third-order valence-electron chi connectivity index (χ3n) is 5.40. The van der Waals surface area contributed by atoms with Crippen molar-refractivity contribution >= 4 is 23.4 Å². The topological polar surface area (TPSA) is 82.3 Å². The molecule has 2 aromatic carbocycles. The van der Waals surface area contributed by atoms with E-state index >= 15 is 0 Å². The second-order valence-electron chi connectivity index (χ2n) is 7.76. The van der Waals surface area contributed by atoms with Crippen LogP contribution in [0.15, 0.2) is 36.4 Å². The molecule has 0 saturated heterocycles. The number of hydrogen-bond donors (Lipinski definition) is 4. The summed E-state index contributed by atoms with van der Waals surface area (Å²) in [6.07, 6.45) is 3.31. The summed E-state index contributed by atoms with van der Waals surface area (Å²) in [5, 5.41) is 9.59. The molecule has 4 amide bonds. The van der Waals surface area contributed by atoms with Crippen molar-refractivity contribution < 1.29 is 27.2 Å². The molecule has 0 aliphatic heterocycles. The number of carbonyl (C=O) groups is 2. The lowest BCUT2D eigenvalue weighted by molar-refractivity contribution is 0.230. The van der Waals surface area contributed by atoms with E-state index < -0.39 is 46.7 Å². The van der Waals surface area contributed by atoms with Gasteiger partial charge in [-0.25, -0.2) is 27.2 Å². The molecule has 32 heavy (non-hydrogen) atoms. The number of benzene rings is 2. The van der Waals surface area contributed by atoms with E-state index in [9.17, 15) is 27.2 Å². The Kier molecular flexibility index (Phi) is 7.91. The lowest BCUT2D eigenvalue weighted by atomic mass is 9.81. The number of amides is 4. The van der Waals surface area contributed by atoms with Gasteiger partial charge in [0.2, 0.25) is 0 Å². The number of halogens is 4. The Morgan fingerprint density at radius 1 is 0.719 bits per heavy atom. The molecule has 2 atom stereocenters. The van der Waals surface area contributed by atoms with Crippen LogP contribution in [0.1, 0.15) is 25.7 Å². The van der Waals surface area contributed by atoms with Crippen molar-refractivity contribution in [3.63, 3.8) is 0 Å². The van der Waals surface area contributed by atoms with Gasteiger partial charge in [-0.2, -0.15) is 0 Å². The molecular formula is C22H24F4N4O2. The van der Waals surface area contributed by atoms with Crippen molar-refractivity contribution in [1.29, 1.82) is 0 Å². The maximum absolute atomic E-state index is 13.6. The molecule has 6 nitrogen and oxygen atoms in total. The number of urea groups is 2. The van der Waals surface area contributed by atoms with Crippen molar-refractivity contribution in [2.45, 2.75) is 25.7 Å². The number of carbonyl (C=O) groups excluding carboxylic acids is 2. The van der Waals surface area contributed by atoms with Crippen LogP contribution in [0, 0.1) is 35.1 Å². The summed E-state index contributed by atoms with van der Waals surface area (Å²) in [5.41, 5.74) is -1.01. The first-order valence-electron chi connectivity index (χ1n) is 10.3. The molecule has 4 N–H and O–H groups in total. The van der Waals surface area contributed by atoms with Gasteiger partial charge in [0.05, 0.1) is 0 Å². The van der Waals surface area contributed by atoms with Gasteiger partial charge < -0.3 is 21.3 Å². The van der Waals surface area contributed by atoms with Crippen LogP contribution in [-0.2, 0) is 0 Å². The molecule has 0 aromatic heterocycles. The first-order valence-corrected chi connectivity index (χ1v) is 10.3. The van der Waals surface area contributed by atoms with Crippen LogP contribution in [0.2, 0.25) is 0 Å². The molecule has 1 aliphatic carbocycles. The summed E-state index contributed by atoms with van der Waals surface area (Å²) in [6.45, 7) is 0.621. The first-order chi connectivity index (χ1) is 15.3. The van der Waals surface area contributed by atoms with Gasteiger partial charge in [0, 0.05) is 13.1 Å². The Bertz CT molecular complexity index is 857. The zero-order valence-electron chi connectivity index (χ0n) is 17.2. The van der Waals surface area contributed by atoms with Crippen molar-refractivity contribution in [2.75, 3.05) is 23.7 Å². The molecule has 0 heterocycles. The quantitative estimate of drug-likeness (QED) is 0.466. The van der Waals surface area contributed by atoms with E-state index in [4.69, 9.17) is 0 Å². The summed E-state index contributed by atoms with van der Waals surface area (Å²) < 4.78 is 54.5. The van der Waals surface area contributed by atoms with Gasteiger partial charge in [0.1, 0.15) is 34.6 Å². The van der Waals surface area contributed by atoms with E-state index in [-0.39, 0.29) is 11.8 Å². The molecule has 0 radical (unpaired) electrons. The normalized spacial score (nSPS) is 18.0. The third kappa shape index (κ3) is 6.35. The summed E-state index contributed by atoms with van der Waals surface area (Å²) in [6, 6.07) is 5.19. The van der Waals surface area contributed by atoms with Gasteiger partial charge in [0.25, 0.3) is 0 Å². The predicted molar refractivity (Wildman–Crippen MR) is 112 cm³/mol. The average molecular weight is 452 g/mol. The molecule has 0 unspecified atom stereocenters. The summed E-state index contributed by atoms with van der Waals surface area (Å²) >= 11 is 0. The van der Waals surface area contributed by atoms with E-state index in [1.165, 1.54) is 12.1 Å². The van der Waals surface area contributed by atoms with Crippen LogP contribution < -0.4 is 21.3 Å². The predicted octanol–water partition coefficient (Wildman–Crippen LogP) is 4.99. The van der Waals surface area contributed by atoms with E-state index in [2.05, 4.69) is 21.3 Å². The van der Waals surface area contributed by atoms with E-state index in [1.807, 2.05) is 0 Å². The fraction of sp³-hybridized carbons (Fsp3) is 0.364. The minimum atomic E-state index is -0.863. The van der Waals surface area contributed by atoms with E-state index in [1.54, 1.807) is 0 Å². The molecule has 0 spiro atoms. The third-order valence-corrected chi connectivity index (χ3v) is 5.40. The lowest BCUT2D eigenvalue weighted by Gasteiger charge is -2.29. The smallest absolute Gasteiger partial charge is 0.319 e. The Hall–Kier alpha value is -3.30. The molecule has 0 bridgehead atoms. The lowest BCUT2D eigenvalue weighted by Crippen LogP contribution is -2.38. The summed E-state index contributed by atoms with van der Waals surface area (Å²) in [7, 11) is 0. The minimum Gasteiger partial charge on any atom is -0.338 e. The average Bonchev–Trinajstić information content (AvgIpc) is 2.76. The Morgan fingerprint density at radius 3 is 1.47 bits per heavy atom. The van der Waals surface area contributed by atoms with Gasteiger partial charge in [-0.3, -0.25) is 0 Å². The second-order valence-corrected chi connectivity index (χ2v) is 7.76. The highest BCUT2D eigenvalue weighted by Crippen LogP contribution is 2.28. The first kappa shape index (κ1) is 23.4. The minimum absolute atomic E-state index is 0.124. The highest BCUT2D eigenvalue weighted by Gasteiger charge is 2.23. The van der Waals surface area contributed by atoms with Crippen LogP contribution >= 0.6 is 0 Å². The maximum atomic E-state index is 13.6. The maximum Gasteiger partial charge on any atom is 0.319 e. The molecule has 1 aliphatic rings. The molecular weight excluding hydrogens is 428 g/mol. The van der Waals surface area contributed by atoms with Gasteiger partial charge in [0.15, 0.2) is 0 Å². The Labute approximate surface area is 182 Å². The Balaban J connectivity index is 1.42. The largest absolute Gasteiger partial charge is 0.338 e. The van der Waals surface area contributed by atoms with Crippen molar-refractivity contribution in [2.24, 2.45) is 11.8 Å².